The van der Waals surface area contributed by atoms with Crippen LogP contribution in [0.15, 0.2) is 53.7 Å². The summed E-state index contributed by atoms with van der Waals surface area (Å²) in [5.74, 6) is -0.501. The Hall–Kier alpha value is -2.50. The van der Waals surface area contributed by atoms with Crippen molar-refractivity contribution in [2.24, 2.45) is 0 Å². The van der Waals surface area contributed by atoms with Gasteiger partial charge in [0.1, 0.15) is 6.54 Å². The van der Waals surface area contributed by atoms with E-state index < -0.39 is 32.5 Å². The smallest absolute Gasteiger partial charge is 0.242 e. The van der Waals surface area contributed by atoms with E-state index in [9.17, 15) is 21.6 Å². The van der Waals surface area contributed by atoms with Gasteiger partial charge in [-0.25, -0.2) is 21.1 Å². The Balaban J connectivity index is 2.17. The largest absolute Gasteiger partial charge is 0.350 e. The summed E-state index contributed by atoms with van der Waals surface area (Å²) in [6.45, 7) is -0.219. The average molecular weight is 427 g/mol. The lowest BCUT2D eigenvalue weighted by Crippen LogP contribution is -2.40. The number of hydrogen-bond donors (Lipinski definition) is 1. The van der Waals surface area contributed by atoms with Crippen LogP contribution in [0.5, 0.6) is 0 Å². The number of carbonyl (C=O) groups is 1. The van der Waals surface area contributed by atoms with Crippen molar-refractivity contribution in [3.63, 3.8) is 0 Å². The van der Waals surface area contributed by atoms with Crippen LogP contribution >= 0.6 is 0 Å². The van der Waals surface area contributed by atoms with Crippen LogP contribution in [0.4, 0.5) is 5.69 Å². The van der Waals surface area contributed by atoms with Crippen LogP contribution in [0.25, 0.3) is 0 Å². The van der Waals surface area contributed by atoms with Gasteiger partial charge in [-0.05, 0) is 35.9 Å². The number of sulfonamides is 2. The molecule has 1 heterocycles. The van der Waals surface area contributed by atoms with Gasteiger partial charge in [0.05, 0.1) is 16.8 Å². The van der Waals surface area contributed by atoms with Gasteiger partial charge in [0.2, 0.25) is 26.0 Å². The third-order valence-electron chi connectivity index (χ3n) is 3.80. The highest BCUT2D eigenvalue weighted by Crippen LogP contribution is 2.21. The molecular weight excluding hydrogens is 404 g/mol. The normalized spacial score (nSPS) is 12.0. The van der Waals surface area contributed by atoms with Crippen molar-refractivity contribution in [3.8, 4) is 0 Å². The zero-order valence-electron chi connectivity index (χ0n) is 15.7. The number of rotatable bonds is 8. The van der Waals surface area contributed by atoms with Crippen LogP contribution in [0, 0.1) is 0 Å². The third-order valence-corrected chi connectivity index (χ3v) is 6.77. The van der Waals surface area contributed by atoms with E-state index in [-0.39, 0.29) is 17.1 Å². The number of nitrogens with one attached hydrogen (secondary N) is 1. The molecule has 1 N–H and O–H groups in total. The van der Waals surface area contributed by atoms with E-state index in [0.717, 1.165) is 20.4 Å². The Morgan fingerprint density at radius 1 is 1.07 bits per heavy atom. The number of pyridine rings is 1. The van der Waals surface area contributed by atoms with Crippen molar-refractivity contribution in [2.75, 3.05) is 31.2 Å². The van der Waals surface area contributed by atoms with Gasteiger partial charge in [-0.15, -0.1) is 0 Å². The van der Waals surface area contributed by atoms with Gasteiger partial charge in [-0.1, -0.05) is 6.07 Å². The van der Waals surface area contributed by atoms with E-state index in [1.807, 2.05) is 0 Å². The lowest BCUT2D eigenvalue weighted by Gasteiger charge is -2.22. The molecule has 0 aliphatic rings. The monoisotopic (exact) mass is 426 g/mol. The fourth-order valence-corrected chi connectivity index (χ4v) is 4.04. The molecule has 0 fully saturated rings. The van der Waals surface area contributed by atoms with Crippen molar-refractivity contribution in [1.29, 1.82) is 0 Å². The molecule has 0 aliphatic heterocycles. The van der Waals surface area contributed by atoms with Crippen molar-refractivity contribution in [2.45, 2.75) is 11.4 Å². The first-order valence-corrected chi connectivity index (χ1v) is 11.5. The average Bonchev–Trinajstić information content (AvgIpc) is 2.64. The fourth-order valence-electron chi connectivity index (χ4n) is 2.28. The molecular formula is C17H22N4O5S2. The summed E-state index contributed by atoms with van der Waals surface area (Å²) >= 11 is 0. The summed E-state index contributed by atoms with van der Waals surface area (Å²) in [5, 5.41) is 2.63. The SMILES string of the molecule is CN(C)S(=O)(=O)c1ccc(N(CC(=O)NCc2cccnc2)S(C)(=O)=O)cc1. The molecule has 0 radical (unpaired) electrons. The highest BCUT2D eigenvalue weighted by atomic mass is 32.2. The molecule has 0 saturated carbocycles. The first-order valence-electron chi connectivity index (χ1n) is 8.18. The van der Waals surface area contributed by atoms with Gasteiger partial charge < -0.3 is 5.32 Å². The highest BCUT2D eigenvalue weighted by Gasteiger charge is 2.22. The molecule has 2 rings (SSSR count). The second-order valence-corrected chi connectivity index (χ2v) is 10.2. The van der Waals surface area contributed by atoms with Gasteiger partial charge in [0.15, 0.2) is 0 Å². The molecule has 152 valence electrons. The van der Waals surface area contributed by atoms with Crippen molar-refractivity contribution in [3.05, 3.63) is 54.4 Å². The molecule has 2 aromatic rings. The highest BCUT2D eigenvalue weighted by molar-refractivity contribution is 7.92. The fraction of sp³-hybridized carbons (Fsp3) is 0.294. The van der Waals surface area contributed by atoms with Gasteiger partial charge >= 0.3 is 0 Å². The van der Waals surface area contributed by atoms with E-state index in [0.29, 0.717) is 0 Å². The minimum absolute atomic E-state index is 0.0238. The lowest BCUT2D eigenvalue weighted by molar-refractivity contribution is -0.119. The lowest BCUT2D eigenvalue weighted by atomic mass is 10.3. The van der Waals surface area contributed by atoms with E-state index in [2.05, 4.69) is 10.3 Å². The summed E-state index contributed by atoms with van der Waals surface area (Å²) in [4.78, 5) is 16.2. The van der Waals surface area contributed by atoms with E-state index >= 15 is 0 Å². The third kappa shape index (κ3) is 5.50. The van der Waals surface area contributed by atoms with Gasteiger partial charge in [-0.3, -0.25) is 14.1 Å². The van der Waals surface area contributed by atoms with E-state index in [4.69, 9.17) is 0 Å². The maximum Gasteiger partial charge on any atom is 0.242 e. The van der Waals surface area contributed by atoms with Crippen molar-refractivity contribution in [1.82, 2.24) is 14.6 Å². The summed E-state index contributed by atoms with van der Waals surface area (Å²) in [7, 11) is -4.59. The maximum absolute atomic E-state index is 12.2. The first-order chi connectivity index (χ1) is 13.0. The summed E-state index contributed by atoms with van der Waals surface area (Å²) in [5.41, 5.74) is 0.969. The van der Waals surface area contributed by atoms with Gasteiger partial charge in [0.25, 0.3) is 0 Å². The molecule has 0 spiro atoms. The maximum atomic E-state index is 12.2. The molecule has 1 aromatic heterocycles. The van der Waals surface area contributed by atoms with E-state index in [1.165, 1.54) is 38.4 Å². The molecule has 9 nitrogen and oxygen atoms in total. The Kier molecular flexibility index (Phi) is 6.75. The predicted octanol–water partition coefficient (Wildman–Crippen LogP) is 0.414. The Bertz CT molecular complexity index is 1020. The molecule has 0 bridgehead atoms. The van der Waals surface area contributed by atoms with Gasteiger partial charge in [0, 0.05) is 33.0 Å². The second-order valence-electron chi connectivity index (χ2n) is 6.19. The molecule has 11 heteroatoms. The number of carbonyl (C=O) groups excluding carboxylic acids is 1. The number of benzene rings is 1. The Morgan fingerprint density at radius 3 is 2.21 bits per heavy atom. The Labute approximate surface area is 165 Å². The van der Waals surface area contributed by atoms with Crippen LogP contribution in [-0.2, 0) is 31.4 Å². The second kappa shape index (κ2) is 8.67. The summed E-state index contributed by atoms with van der Waals surface area (Å²) in [6.07, 6.45) is 4.18. The first kappa shape index (κ1) is 21.8. The van der Waals surface area contributed by atoms with Gasteiger partial charge in [-0.2, -0.15) is 0 Å². The van der Waals surface area contributed by atoms with Crippen LogP contribution in [0.1, 0.15) is 5.56 Å². The number of nitrogens with zero attached hydrogens (tertiary/aromatic N) is 3. The standard InChI is InChI=1S/C17H22N4O5S2/c1-20(2)28(25,26)16-8-6-15(7-9-16)21(27(3,23)24)13-17(22)19-12-14-5-4-10-18-11-14/h4-11H,12-13H2,1-3H3,(H,19,22). The molecule has 0 atom stereocenters. The van der Waals surface area contributed by atoms with Crippen molar-refractivity contribution >= 4 is 31.6 Å². The minimum atomic E-state index is -3.76. The van der Waals surface area contributed by atoms with Crippen LogP contribution in [0.3, 0.4) is 0 Å². The minimum Gasteiger partial charge on any atom is -0.350 e. The molecule has 1 aromatic carbocycles. The van der Waals surface area contributed by atoms with Crippen LogP contribution < -0.4 is 9.62 Å². The molecule has 1 amide bonds. The summed E-state index contributed by atoms with van der Waals surface area (Å²) < 4.78 is 50.5. The quantitative estimate of drug-likeness (QED) is 0.654. The molecule has 28 heavy (non-hydrogen) atoms. The van der Waals surface area contributed by atoms with Crippen LogP contribution in [-0.4, -0.2) is 58.9 Å². The zero-order chi connectivity index (χ0) is 20.9. The Morgan fingerprint density at radius 2 is 1.71 bits per heavy atom. The van der Waals surface area contributed by atoms with Crippen LogP contribution in [0.2, 0.25) is 0 Å². The molecule has 0 aliphatic carbocycles. The number of hydrogen-bond acceptors (Lipinski definition) is 6. The zero-order valence-corrected chi connectivity index (χ0v) is 17.4. The number of amides is 1. The van der Waals surface area contributed by atoms with Crippen molar-refractivity contribution < 1.29 is 21.6 Å². The number of anilines is 1. The number of aromatic nitrogens is 1. The predicted molar refractivity (Wildman–Crippen MR) is 106 cm³/mol. The molecule has 0 saturated heterocycles. The topological polar surface area (TPSA) is 117 Å². The van der Waals surface area contributed by atoms with E-state index in [1.54, 1.807) is 24.5 Å². The molecule has 0 unspecified atom stereocenters. The summed E-state index contributed by atoms with van der Waals surface area (Å²) in [6, 6.07) is 8.82.